The number of hydrogen-bond acceptors (Lipinski definition) is 5. The molecule has 2 rings (SSSR count). The largest absolute Gasteiger partial charge is 0.490 e. The monoisotopic (exact) mass is 398 g/mol. The second-order valence-corrected chi connectivity index (χ2v) is 7.52. The molecule has 1 heterocycles. The maximum atomic E-state index is 12.1. The first-order chi connectivity index (χ1) is 14.1. The molecular formula is C24H34N2O3. The molecule has 0 radical (unpaired) electrons. The van der Waals surface area contributed by atoms with Crippen molar-refractivity contribution < 1.29 is 14.3 Å². The van der Waals surface area contributed by atoms with Crippen LogP contribution in [-0.4, -0.2) is 22.5 Å². The topological polar surface area (TPSA) is 61.3 Å². The van der Waals surface area contributed by atoms with E-state index in [4.69, 9.17) is 9.47 Å². The smallest absolute Gasteiger partial charge is 0.325 e. The van der Waals surface area contributed by atoms with Crippen molar-refractivity contribution >= 4 is 5.97 Å². The van der Waals surface area contributed by atoms with Gasteiger partial charge < -0.3 is 9.47 Å². The van der Waals surface area contributed by atoms with Crippen LogP contribution in [0.2, 0.25) is 0 Å². The molecule has 158 valence electrons. The van der Waals surface area contributed by atoms with Gasteiger partial charge in [-0.25, -0.2) is 0 Å². The van der Waals surface area contributed by atoms with E-state index in [0.29, 0.717) is 30.4 Å². The van der Waals surface area contributed by atoms with Gasteiger partial charge in [0.15, 0.2) is 5.75 Å². The second kappa shape index (κ2) is 12.9. The van der Waals surface area contributed by atoms with Gasteiger partial charge in [0.25, 0.3) is 0 Å². The number of esters is 1. The summed E-state index contributed by atoms with van der Waals surface area (Å²) in [6.07, 6.45) is 9.70. The van der Waals surface area contributed by atoms with E-state index in [1.165, 1.54) is 19.3 Å². The number of carbonyl (C=O) groups is 1. The fraction of sp³-hybridized carbons (Fsp3) is 0.542. The molecule has 0 saturated carbocycles. The van der Waals surface area contributed by atoms with Crippen molar-refractivity contribution in [1.29, 1.82) is 0 Å². The molecular weight excluding hydrogens is 364 g/mol. The van der Waals surface area contributed by atoms with Gasteiger partial charge in [-0.05, 0) is 18.8 Å². The Morgan fingerprint density at radius 1 is 1.07 bits per heavy atom. The van der Waals surface area contributed by atoms with Gasteiger partial charge in [-0.2, -0.15) is 9.97 Å². The van der Waals surface area contributed by atoms with Crippen LogP contribution < -0.4 is 9.47 Å². The van der Waals surface area contributed by atoms with E-state index in [-0.39, 0.29) is 12.0 Å². The summed E-state index contributed by atoms with van der Waals surface area (Å²) in [5, 5.41) is 0. The van der Waals surface area contributed by atoms with E-state index >= 15 is 0 Å². The molecule has 1 aromatic carbocycles. The molecule has 0 spiro atoms. The highest BCUT2D eigenvalue weighted by molar-refractivity contribution is 5.72. The lowest BCUT2D eigenvalue weighted by molar-refractivity contribution is -0.135. The van der Waals surface area contributed by atoms with Crippen LogP contribution in [0.3, 0.4) is 0 Å². The van der Waals surface area contributed by atoms with Crippen molar-refractivity contribution in [1.82, 2.24) is 9.97 Å². The first kappa shape index (κ1) is 22.9. The van der Waals surface area contributed by atoms with Gasteiger partial charge in [0.05, 0.1) is 12.8 Å². The minimum Gasteiger partial charge on any atom is -0.490 e. The Hall–Kier alpha value is -2.43. The molecule has 5 heteroatoms. The highest BCUT2D eigenvalue weighted by Gasteiger charge is 2.15. The maximum Gasteiger partial charge on any atom is 0.325 e. The standard InChI is InChI=1S/C24H34N2O3/c1-4-6-7-8-12-17-28-21-18-25-24(29-22(27)16-15-19(3)5-2)26-23(21)20-13-10-9-11-14-20/h9-11,13-14,18-19H,4-8,12,15-17H2,1-3H3. The van der Waals surface area contributed by atoms with Crippen LogP contribution in [0.4, 0.5) is 0 Å². The lowest BCUT2D eigenvalue weighted by atomic mass is 10.0. The van der Waals surface area contributed by atoms with Crippen molar-refractivity contribution in [2.24, 2.45) is 5.92 Å². The molecule has 1 aromatic heterocycles. The lowest BCUT2D eigenvalue weighted by Gasteiger charge is -2.12. The zero-order chi connectivity index (χ0) is 20.9. The molecule has 2 aromatic rings. The number of carbonyl (C=O) groups excluding carboxylic acids is 1. The van der Waals surface area contributed by atoms with Crippen LogP contribution in [0.5, 0.6) is 11.8 Å². The molecule has 1 unspecified atom stereocenters. The van der Waals surface area contributed by atoms with Crippen LogP contribution in [0.25, 0.3) is 11.3 Å². The summed E-state index contributed by atoms with van der Waals surface area (Å²) in [5.41, 5.74) is 1.56. The molecule has 29 heavy (non-hydrogen) atoms. The average Bonchev–Trinajstić information content (AvgIpc) is 2.75. The summed E-state index contributed by atoms with van der Waals surface area (Å²) in [7, 11) is 0. The van der Waals surface area contributed by atoms with Crippen LogP contribution in [0, 0.1) is 5.92 Å². The summed E-state index contributed by atoms with van der Waals surface area (Å²) < 4.78 is 11.3. The predicted molar refractivity (Wildman–Crippen MR) is 116 cm³/mol. The van der Waals surface area contributed by atoms with Gasteiger partial charge in [0.1, 0.15) is 5.69 Å². The van der Waals surface area contributed by atoms with Crippen LogP contribution >= 0.6 is 0 Å². The molecule has 0 aliphatic rings. The predicted octanol–water partition coefficient (Wildman–Crippen LogP) is 6.22. The number of aromatic nitrogens is 2. The molecule has 0 N–H and O–H groups in total. The zero-order valence-corrected chi connectivity index (χ0v) is 18.0. The summed E-state index contributed by atoms with van der Waals surface area (Å²) >= 11 is 0. The first-order valence-electron chi connectivity index (χ1n) is 10.9. The highest BCUT2D eigenvalue weighted by atomic mass is 16.5. The molecule has 0 bridgehead atoms. The third-order valence-corrected chi connectivity index (χ3v) is 5.03. The molecule has 1 atom stereocenters. The van der Waals surface area contributed by atoms with Crippen molar-refractivity contribution in [2.45, 2.75) is 72.1 Å². The van der Waals surface area contributed by atoms with Crippen molar-refractivity contribution in [3.8, 4) is 23.0 Å². The lowest BCUT2D eigenvalue weighted by Crippen LogP contribution is -2.12. The molecule has 5 nitrogen and oxygen atoms in total. The van der Waals surface area contributed by atoms with E-state index in [9.17, 15) is 4.79 Å². The van der Waals surface area contributed by atoms with Gasteiger partial charge in [-0.3, -0.25) is 4.79 Å². The third kappa shape index (κ3) is 8.22. The number of rotatable bonds is 13. The quantitative estimate of drug-likeness (QED) is 0.296. The number of nitrogens with zero attached hydrogens (tertiary/aromatic N) is 2. The Balaban J connectivity index is 2.04. The van der Waals surface area contributed by atoms with Crippen LogP contribution in [0.15, 0.2) is 36.5 Å². The molecule has 0 fully saturated rings. The maximum absolute atomic E-state index is 12.1. The molecule has 0 saturated heterocycles. The normalized spacial score (nSPS) is 11.8. The highest BCUT2D eigenvalue weighted by Crippen LogP contribution is 2.29. The van der Waals surface area contributed by atoms with Crippen LogP contribution in [0.1, 0.15) is 72.1 Å². The summed E-state index contributed by atoms with van der Waals surface area (Å²) in [5.74, 6) is 0.816. The Bertz CT molecular complexity index is 734. The molecule has 0 aliphatic heterocycles. The van der Waals surface area contributed by atoms with Gasteiger partial charge in [-0.15, -0.1) is 0 Å². The fourth-order valence-corrected chi connectivity index (χ4v) is 2.92. The Morgan fingerprint density at radius 3 is 2.55 bits per heavy atom. The van der Waals surface area contributed by atoms with E-state index in [0.717, 1.165) is 31.2 Å². The van der Waals surface area contributed by atoms with Gasteiger partial charge in [0.2, 0.25) is 0 Å². The number of unbranched alkanes of at least 4 members (excludes halogenated alkanes) is 4. The average molecular weight is 399 g/mol. The van der Waals surface area contributed by atoms with Crippen LogP contribution in [-0.2, 0) is 4.79 Å². The van der Waals surface area contributed by atoms with Crippen molar-refractivity contribution in [3.63, 3.8) is 0 Å². The Morgan fingerprint density at radius 2 is 1.83 bits per heavy atom. The van der Waals surface area contributed by atoms with E-state index in [1.807, 2.05) is 30.3 Å². The van der Waals surface area contributed by atoms with E-state index in [1.54, 1.807) is 6.20 Å². The Labute approximate surface area is 174 Å². The Kier molecular flexibility index (Phi) is 10.2. The third-order valence-electron chi connectivity index (χ3n) is 5.03. The number of hydrogen-bond donors (Lipinski definition) is 0. The van der Waals surface area contributed by atoms with E-state index < -0.39 is 0 Å². The summed E-state index contributed by atoms with van der Waals surface area (Å²) in [6.45, 7) is 7.08. The zero-order valence-electron chi connectivity index (χ0n) is 18.0. The molecule has 0 aliphatic carbocycles. The van der Waals surface area contributed by atoms with Crippen molar-refractivity contribution in [2.75, 3.05) is 6.61 Å². The second-order valence-electron chi connectivity index (χ2n) is 7.52. The first-order valence-corrected chi connectivity index (χ1v) is 10.9. The van der Waals surface area contributed by atoms with Gasteiger partial charge >= 0.3 is 12.0 Å². The van der Waals surface area contributed by atoms with Gasteiger partial charge in [0, 0.05) is 12.0 Å². The minimum absolute atomic E-state index is 0.0771. The van der Waals surface area contributed by atoms with Crippen molar-refractivity contribution in [3.05, 3.63) is 36.5 Å². The molecule has 0 amide bonds. The van der Waals surface area contributed by atoms with Gasteiger partial charge in [-0.1, -0.05) is 83.2 Å². The number of ether oxygens (including phenoxy) is 2. The minimum atomic E-state index is -0.297. The SMILES string of the molecule is CCCCCCCOc1cnc(OC(=O)CCC(C)CC)nc1-c1ccccc1. The fourth-order valence-electron chi connectivity index (χ4n) is 2.92. The van der Waals surface area contributed by atoms with E-state index in [2.05, 4.69) is 30.7 Å². The summed E-state index contributed by atoms with van der Waals surface area (Å²) in [6, 6.07) is 9.85. The number of benzene rings is 1. The summed E-state index contributed by atoms with van der Waals surface area (Å²) in [4.78, 5) is 20.8.